The van der Waals surface area contributed by atoms with Gasteiger partial charge in [0.1, 0.15) is 17.3 Å². The molecule has 94 valence electrons. The first-order valence-corrected chi connectivity index (χ1v) is 5.43. The van der Waals surface area contributed by atoms with Gasteiger partial charge in [0.2, 0.25) is 0 Å². The number of pyridine rings is 1. The lowest BCUT2D eigenvalue weighted by Gasteiger charge is -2.22. The number of amidine groups is 1. The number of nitrogens with zero attached hydrogens (tertiary/aromatic N) is 1. The lowest BCUT2D eigenvalue weighted by Crippen LogP contribution is -2.25. The molecule has 1 aromatic heterocycles. The Morgan fingerprint density at radius 2 is 2.24 bits per heavy atom. The highest BCUT2D eigenvalue weighted by Crippen LogP contribution is 2.15. The Morgan fingerprint density at radius 3 is 2.82 bits per heavy atom. The highest BCUT2D eigenvalue weighted by molar-refractivity contribution is 5.93. The van der Waals surface area contributed by atoms with Gasteiger partial charge in [-0.3, -0.25) is 10.4 Å². The molecule has 17 heavy (non-hydrogen) atoms. The second-order valence-electron chi connectivity index (χ2n) is 4.35. The van der Waals surface area contributed by atoms with Crippen LogP contribution in [0.1, 0.15) is 26.0 Å². The van der Waals surface area contributed by atoms with Gasteiger partial charge in [-0.05, 0) is 19.9 Å². The van der Waals surface area contributed by atoms with Crippen LogP contribution in [0.25, 0.3) is 0 Å². The standard InChI is InChI=1S/C12H19N3O2/c1-12(2,16-3)5-7-17-9-4-6-15-10(8-9)11(13)14/h4,6,8H,5,7H2,1-3H3,(H3,13,14). The first-order chi connectivity index (χ1) is 7.94. The quantitative estimate of drug-likeness (QED) is 0.581. The van der Waals surface area contributed by atoms with E-state index in [9.17, 15) is 0 Å². The third-order valence-corrected chi connectivity index (χ3v) is 2.53. The Kier molecular flexibility index (Phi) is 4.45. The summed E-state index contributed by atoms with van der Waals surface area (Å²) < 4.78 is 10.9. The Morgan fingerprint density at radius 1 is 1.53 bits per heavy atom. The summed E-state index contributed by atoms with van der Waals surface area (Å²) in [5.74, 6) is 0.602. The second kappa shape index (κ2) is 5.63. The maximum absolute atomic E-state index is 7.28. The zero-order valence-corrected chi connectivity index (χ0v) is 10.5. The van der Waals surface area contributed by atoms with Crippen molar-refractivity contribution in [3.63, 3.8) is 0 Å². The predicted molar refractivity (Wildman–Crippen MR) is 66.5 cm³/mol. The van der Waals surface area contributed by atoms with E-state index in [4.69, 9.17) is 20.6 Å². The van der Waals surface area contributed by atoms with Crippen molar-refractivity contribution in [1.82, 2.24) is 4.98 Å². The van der Waals surface area contributed by atoms with Gasteiger partial charge in [0.15, 0.2) is 0 Å². The van der Waals surface area contributed by atoms with Gasteiger partial charge in [0, 0.05) is 25.8 Å². The fourth-order valence-electron chi connectivity index (χ4n) is 1.16. The van der Waals surface area contributed by atoms with Crippen molar-refractivity contribution in [2.45, 2.75) is 25.9 Å². The van der Waals surface area contributed by atoms with Crippen molar-refractivity contribution in [3.05, 3.63) is 24.0 Å². The summed E-state index contributed by atoms with van der Waals surface area (Å²) in [6.07, 6.45) is 2.36. The van der Waals surface area contributed by atoms with Crippen molar-refractivity contribution in [2.75, 3.05) is 13.7 Å². The van der Waals surface area contributed by atoms with Crippen LogP contribution in [0, 0.1) is 5.41 Å². The molecule has 0 atom stereocenters. The molecule has 1 aromatic rings. The average molecular weight is 237 g/mol. The molecule has 0 aliphatic heterocycles. The van der Waals surface area contributed by atoms with Crippen LogP contribution in [0.5, 0.6) is 5.75 Å². The number of rotatable bonds is 6. The zero-order valence-electron chi connectivity index (χ0n) is 10.5. The van der Waals surface area contributed by atoms with Crippen molar-refractivity contribution < 1.29 is 9.47 Å². The van der Waals surface area contributed by atoms with Crippen molar-refractivity contribution in [3.8, 4) is 5.75 Å². The third kappa shape index (κ3) is 4.40. The van der Waals surface area contributed by atoms with E-state index >= 15 is 0 Å². The van der Waals surface area contributed by atoms with E-state index in [2.05, 4.69) is 4.98 Å². The maximum atomic E-state index is 7.28. The van der Waals surface area contributed by atoms with Gasteiger partial charge in [-0.15, -0.1) is 0 Å². The summed E-state index contributed by atoms with van der Waals surface area (Å²) in [7, 11) is 1.68. The van der Waals surface area contributed by atoms with E-state index in [0.29, 0.717) is 18.1 Å². The summed E-state index contributed by atoms with van der Waals surface area (Å²) in [5, 5.41) is 7.28. The normalized spacial score (nSPS) is 11.2. The van der Waals surface area contributed by atoms with Gasteiger partial charge < -0.3 is 15.2 Å². The number of hydrogen-bond donors (Lipinski definition) is 2. The molecule has 0 saturated heterocycles. The molecular formula is C12H19N3O2. The molecule has 0 aliphatic carbocycles. The SMILES string of the molecule is COC(C)(C)CCOc1ccnc(C(=N)N)c1. The molecule has 0 saturated carbocycles. The van der Waals surface area contributed by atoms with Gasteiger partial charge in [-0.2, -0.15) is 0 Å². The van der Waals surface area contributed by atoms with Crippen LogP contribution < -0.4 is 10.5 Å². The van der Waals surface area contributed by atoms with Gasteiger partial charge in [-0.25, -0.2) is 0 Å². The van der Waals surface area contributed by atoms with Crippen molar-refractivity contribution in [2.24, 2.45) is 5.73 Å². The molecule has 0 unspecified atom stereocenters. The van der Waals surface area contributed by atoms with E-state index in [0.717, 1.165) is 6.42 Å². The van der Waals surface area contributed by atoms with Crippen molar-refractivity contribution >= 4 is 5.84 Å². The van der Waals surface area contributed by atoms with Crippen LogP contribution in [-0.4, -0.2) is 30.1 Å². The average Bonchev–Trinajstić information content (AvgIpc) is 2.29. The van der Waals surface area contributed by atoms with Crippen LogP contribution >= 0.6 is 0 Å². The Hall–Kier alpha value is -1.62. The first kappa shape index (κ1) is 13.4. The minimum Gasteiger partial charge on any atom is -0.493 e. The fourth-order valence-corrected chi connectivity index (χ4v) is 1.16. The van der Waals surface area contributed by atoms with Crippen LogP contribution in [0.4, 0.5) is 0 Å². The lowest BCUT2D eigenvalue weighted by molar-refractivity contribution is 0.00545. The topological polar surface area (TPSA) is 81.2 Å². The molecular weight excluding hydrogens is 218 g/mol. The number of methoxy groups -OCH3 is 1. The Balaban J connectivity index is 2.52. The molecule has 0 bridgehead atoms. The molecule has 1 heterocycles. The molecule has 5 heteroatoms. The van der Waals surface area contributed by atoms with Gasteiger partial charge >= 0.3 is 0 Å². The summed E-state index contributed by atoms with van der Waals surface area (Å²) in [4.78, 5) is 3.96. The number of hydrogen-bond acceptors (Lipinski definition) is 4. The monoisotopic (exact) mass is 237 g/mol. The van der Waals surface area contributed by atoms with E-state index in [1.807, 2.05) is 13.8 Å². The minimum atomic E-state index is -0.198. The Labute approximate surface area is 101 Å². The molecule has 0 aliphatic rings. The zero-order chi connectivity index (χ0) is 12.9. The summed E-state index contributed by atoms with van der Waals surface area (Å²) in [6, 6.07) is 3.40. The van der Waals surface area contributed by atoms with Crippen LogP contribution in [0.2, 0.25) is 0 Å². The molecule has 5 nitrogen and oxygen atoms in total. The molecule has 0 aromatic carbocycles. The van der Waals surface area contributed by atoms with Crippen molar-refractivity contribution in [1.29, 1.82) is 5.41 Å². The highest BCUT2D eigenvalue weighted by Gasteiger charge is 2.16. The second-order valence-corrected chi connectivity index (χ2v) is 4.35. The number of ether oxygens (including phenoxy) is 2. The van der Waals surface area contributed by atoms with E-state index in [-0.39, 0.29) is 11.4 Å². The number of aromatic nitrogens is 1. The molecule has 3 N–H and O–H groups in total. The predicted octanol–water partition coefficient (Wildman–Crippen LogP) is 1.56. The molecule has 0 radical (unpaired) electrons. The maximum Gasteiger partial charge on any atom is 0.141 e. The van der Waals surface area contributed by atoms with Crippen LogP contribution in [0.3, 0.4) is 0 Å². The molecule has 0 spiro atoms. The summed E-state index contributed by atoms with van der Waals surface area (Å²) in [6.45, 7) is 4.55. The largest absolute Gasteiger partial charge is 0.493 e. The molecule has 1 rings (SSSR count). The lowest BCUT2D eigenvalue weighted by atomic mass is 10.1. The number of nitrogens with one attached hydrogen (secondary N) is 1. The molecule has 0 fully saturated rings. The number of nitrogen functional groups attached to an aromatic ring is 1. The van der Waals surface area contributed by atoms with Gasteiger partial charge in [0.25, 0.3) is 0 Å². The number of nitrogens with two attached hydrogens (primary N) is 1. The minimum absolute atomic E-state index is 0.0623. The third-order valence-electron chi connectivity index (χ3n) is 2.53. The smallest absolute Gasteiger partial charge is 0.141 e. The highest BCUT2D eigenvalue weighted by atomic mass is 16.5. The fraction of sp³-hybridized carbons (Fsp3) is 0.500. The molecule has 0 amide bonds. The first-order valence-electron chi connectivity index (χ1n) is 5.43. The van der Waals surface area contributed by atoms with Gasteiger partial charge in [-0.1, -0.05) is 0 Å². The Bertz CT molecular complexity index is 391. The van der Waals surface area contributed by atoms with Crippen LogP contribution in [0.15, 0.2) is 18.3 Å². The van der Waals surface area contributed by atoms with E-state index in [1.54, 1.807) is 25.4 Å². The summed E-state index contributed by atoms with van der Waals surface area (Å²) >= 11 is 0. The van der Waals surface area contributed by atoms with Gasteiger partial charge in [0.05, 0.1) is 12.2 Å². The summed E-state index contributed by atoms with van der Waals surface area (Å²) in [5.41, 5.74) is 5.57. The van der Waals surface area contributed by atoms with E-state index < -0.39 is 0 Å². The van der Waals surface area contributed by atoms with Crippen LogP contribution in [-0.2, 0) is 4.74 Å². The van der Waals surface area contributed by atoms with E-state index in [1.165, 1.54) is 0 Å².